The van der Waals surface area contributed by atoms with Crippen molar-refractivity contribution in [3.8, 4) is 0 Å². The molecule has 2 heterocycles. The van der Waals surface area contributed by atoms with E-state index in [0.29, 0.717) is 31.3 Å². The maximum Gasteiger partial charge on any atom is 0.391 e. The zero-order valence-electron chi connectivity index (χ0n) is 11.9. The lowest BCUT2D eigenvalue weighted by molar-refractivity contribution is -0.179. The molecule has 2 aliphatic heterocycles. The van der Waals surface area contributed by atoms with Crippen LogP contribution in [0.4, 0.5) is 18.9 Å². The van der Waals surface area contributed by atoms with E-state index in [1.165, 1.54) is 0 Å². The molecule has 3 rings (SSSR count). The lowest BCUT2D eigenvalue weighted by Crippen LogP contribution is -2.39. The molecule has 0 spiro atoms. The van der Waals surface area contributed by atoms with E-state index in [0.717, 1.165) is 11.3 Å². The number of hydrogen-bond donors (Lipinski definition) is 0. The molecule has 2 saturated heterocycles. The van der Waals surface area contributed by atoms with E-state index in [1.807, 2.05) is 11.0 Å². The Balaban J connectivity index is 1.72. The van der Waals surface area contributed by atoms with Crippen LogP contribution in [0.1, 0.15) is 24.7 Å². The first-order valence-electron chi connectivity index (χ1n) is 7.29. The van der Waals surface area contributed by atoms with Crippen LogP contribution in [0.3, 0.4) is 0 Å². The summed E-state index contributed by atoms with van der Waals surface area (Å²) in [6, 6.07) is 5.42. The molecule has 3 nitrogen and oxygen atoms in total. The van der Waals surface area contributed by atoms with Crippen LogP contribution >= 0.6 is 11.6 Å². The summed E-state index contributed by atoms with van der Waals surface area (Å²) >= 11 is 6.13. The molecule has 1 aromatic rings. The minimum atomic E-state index is -4.10. The quantitative estimate of drug-likeness (QED) is 0.810. The van der Waals surface area contributed by atoms with Crippen molar-refractivity contribution in [2.45, 2.75) is 25.3 Å². The summed E-state index contributed by atoms with van der Waals surface area (Å²) in [4.78, 5) is 1.94. The second kappa shape index (κ2) is 6.26. The molecule has 122 valence electrons. The maximum absolute atomic E-state index is 12.7. The summed E-state index contributed by atoms with van der Waals surface area (Å²) in [5.41, 5.74) is 1.63. The monoisotopic (exact) mass is 335 g/mol. The van der Waals surface area contributed by atoms with Crippen LogP contribution in [0.25, 0.3) is 0 Å². The van der Waals surface area contributed by atoms with Gasteiger partial charge in [0.1, 0.15) is 0 Å². The zero-order valence-corrected chi connectivity index (χ0v) is 12.7. The van der Waals surface area contributed by atoms with Crippen LogP contribution < -0.4 is 4.90 Å². The standard InChI is InChI=1S/C15H17ClF3NO2/c16-12-7-10(14-21-5-6-22-14)8-13(9-12)20-3-1-11(2-4-20)15(17,18)19/h7-9,11,14H,1-6H2. The van der Waals surface area contributed by atoms with E-state index in [1.54, 1.807) is 12.1 Å². The summed E-state index contributed by atoms with van der Waals surface area (Å²) in [7, 11) is 0. The minimum Gasteiger partial charge on any atom is -0.371 e. The van der Waals surface area contributed by atoms with Crippen molar-refractivity contribution in [1.82, 2.24) is 0 Å². The van der Waals surface area contributed by atoms with Crippen LogP contribution in [0, 0.1) is 5.92 Å². The van der Waals surface area contributed by atoms with E-state index in [9.17, 15) is 13.2 Å². The highest BCUT2D eigenvalue weighted by Crippen LogP contribution is 2.37. The smallest absolute Gasteiger partial charge is 0.371 e. The van der Waals surface area contributed by atoms with Gasteiger partial charge in [-0.3, -0.25) is 0 Å². The third-order valence-corrected chi connectivity index (χ3v) is 4.34. The molecule has 0 aromatic heterocycles. The van der Waals surface area contributed by atoms with Crippen molar-refractivity contribution >= 4 is 17.3 Å². The van der Waals surface area contributed by atoms with E-state index >= 15 is 0 Å². The van der Waals surface area contributed by atoms with Gasteiger partial charge in [-0.2, -0.15) is 13.2 Å². The van der Waals surface area contributed by atoms with Crippen LogP contribution in [-0.2, 0) is 9.47 Å². The number of alkyl halides is 3. The predicted octanol–water partition coefficient (Wildman–Crippen LogP) is 4.16. The summed E-state index contributed by atoms with van der Waals surface area (Å²) in [5, 5.41) is 0.532. The molecule has 2 aliphatic rings. The van der Waals surface area contributed by atoms with Crippen LogP contribution in [0.2, 0.25) is 5.02 Å². The third-order valence-electron chi connectivity index (χ3n) is 4.12. The van der Waals surface area contributed by atoms with Gasteiger partial charge in [-0.15, -0.1) is 0 Å². The van der Waals surface area contributed by atoms with Crippen molar-refractivity contribution < 1.29 is 22.6 Å². The number of rotatable bonds is 2. The van der Waals surface area contributed by atoms with Gasteiger partial charge >= 0.3 is 6.18 Å². The van der Waals surface area contributed by atoms with Crippen LogP contribution in [-0.4, -0.2) is 32.5 Å². The summed E-state index contributed by atoms with van der Waals surface area (Å²) < 4.78 is 49.1. The highest BCUT2D eigenvalue weighted by Gasteiger charge is 2.41. The molecule has 0 radical (unpaired) electrons. The van der Waals surface area contributed by atoms with Gasteiger partial charge in [0.25, 0.3) is 0 Å². The van der Waals surface area contributed by atoms with Crippen LogP contribution in [0.5, 0.6) is 0 Å². The van der Waals surface area contributed by atoms with Gasteiger partial charge in [-0.25, -0.2) is 0 Å². The SMILES string of the molecule is FC(F)(F)C1CCN(c2cc(Cl)cc(C3OCCO3)c2)CC1. The summed E-state index contributed by atoms with van der Waals surface area (Å²) in [5.74, 6) is -1.20. The number of piperidine rings is 1. The first-order chi connectivity index (χ1) is 10.4. The Morgan fingerprint density at radius 1 is 1.05 bits per heavy atom. The Morgan fingerprint density at radius 3 is 2.27 bits per heavy atom. The van der Waals surface area contributed by atoms with E-state index in [2.05, 4.69) is 0 Å². The second-order valence-corrected chi connectivity index (χ2v) is 6.06. The second-order valence-electron chi connectivity index (χ2n) is 5.62. The van der Waals surface area contributed by atoms with Crippen molar-refractivity contribution in [1.29, 1.82) is 0 Å². The molecule has 0 saturated carbocycles. The van der Waals surface area contributed by atoms with Gasteiger partial charge in [0.15, 0.2) is 6.29 Å². The van der Waals surface area contributed by atoms with Gasteiger partial charge < -0.3 is 14.4 Å². The Kier molecular flexibility index (Phi) is 4.52. The number of hydrogen-bond acceptors (Lipinski definition) is 3. The van der Waals surface area contributed by atoms with E-state index in [4.69, 9.17) is 21.1 Å². The van der Waals surface area contributed by atoms with Crippen molar-refractivity contribution in [2.75, 3.05) is 31.2 Å². The molecule has 0 aliphatic carbocycles. The summed E-state index contributed by atoms with van der Waals surface area (Å²) in [6.45, 7) is 1.81. The molecule has 0 amide bonds. The molecule has 0 bridgehead atoms. The lowest BCUT2D eigenvalue weighted by atomic mass is 9.96. The zero-order chi connectivity index (χ0) is 15.7. The van der Waals surface area contributed by atoms with Gasteiger partial charge in [0.05, 0.1) is 19.1 Å². The van der Waals surface area contributed by atoms with E-state index in [-0.39, 0.29) is 12.8 Å². The topological polar surface area (TPSA) is 21.7 Å². The molecular formula is C15H17ClF3NO2. The van der Waals surface area contributed by atoms with Gasteiger partial charge in [0.2, 0.25) is 0 Å². The highest BCUT2D eigenvalue weighted by atomic mass is 35.5. The number of anilines is 1. The molecule has 0 atom stereocenters. The van der Waals surface area contributed by atoms with Crippen molar-refractivity contribution in [3.63, 3.8) is 0 Å². The first kappa shape index (κ1) is 15.9. The van der Waals surface area contributed by atoms with E-state index < -0.39 is 18.4 Å². The molecular weight excluding hydrogens is 319 g/mol. The van der Waals surface area contributed by atoms with Crippen LogP contribution in [0.15, 0.2) is 18.2 Å². The molecule has 7 heteroatoms. The fourth-order valence-corrected chi connectivity index (χ4v) is 3.17. The average molecular weight is 336 g/mol. The maximum atomic E-state index is 12.7. The van der Waals surface area contributed by atoms with Crippen molar-refractivity contribution in [3.05, 3.63) is 28.8 Å². The first-order valence-corrected chi connectivity index (χ1v) is 7.66. The van der Waals surface area contributed by atoms with Gasteiger partial charge in [0, 0.05) is 29.4 Å². The average Bonchev–Trinajstić information content (AvgIpc) is 3.00. The fourth-order valence-electron chi connectivity index (χ4n) is 2.93. The molecule has 0 unspecified atom stereocenters. The molecule has 0 N–H and O–H groups in total. The normalized spacial score (nSPS) is 21.5. The number of nitrogens with zero attached hydrogens (tertiary/aromatic N) is 1. The predicted molar refractivity (Wildman–Crippen MR) is 77.1 cm³/mol. The number of ether oxygens (including phenoxy) is 2. The largest absolute Gasteiger partial charge is 0.391 e. The van der Waals surface area contributed by atoms with Gasteiger partial charge in [-0.1, -0.05) is 11.6 Å². The fraction of sp³-hybridized carbons (Fsp3) is 0.600. The Labute approximate surface area is 131 Å². The Bertz CT molecular complexity index is 524. The minimum absolute atomic E-state index is 0.113. The van der Waals surface area contributed by atoms with Crippen molar-refractivity contribution in [2.24, 2.45) is 5.92 Å². The summed E-state index contributed by atoms with van der Waals surface area (Å²) in [6.07, 6.45) is -4.31. The third kappa shape index (κ3) is 3.50. The molecule has 2 fully saturated rings. The number of benzene rings is 1. The lowest BCUT2D eigenvalue weighted by Gasteiger charge is -2.34. The number of halogens is 4. The Hall–Kier alpha value is -0.980. The van der Waals surface area contributed by atoms with Gasteiger partial charge in [-0.05, 0) is 31.0 Å². The highest BCUT2D eigenvalue weighted by molar-refractivity contribution is 6.30. The molecule has 22 heavy (non-hydrogen) atoms. The Morgan fingerprint density at radius 2 is 1.68 bits per heavy atom. The molecule has 1 aromatic carbocycles.